The monoisotopic (exact) mass is 156 g/mol. The van der Waals surface area contributed by atoms with E-state index in [4.69, 9.17) is 0 Å². The zero-order chi connectivity index (χ0) is 8.48. The molecule has 0 aromatic rings. The Kier molecular flexibility index (Phi) is 2.36. The molecular formula is C10H17F. The second-order valence-corrected chi connectivity index (χ2v) is 4.05. The van der Waals surface area contributed by atoms with E-state index >= 15 is 0 Å². The SMILES string of the molecule is CC(C)C1=CCC(C)(F)CC1. The summed E-state index contributed by atoms with van der Waals surface area (Å²) in [6, 6.07) is 0. The van der Waals surface area contributed by atoms with Crippen LogP contribution in [0, 0.1) is 5.92 Å². The van der Waals surface area contributed by atoms with E-state index in [1.807, 2.05) is 0 Å². The van der Waals surface area contributed by atoms with Gasteiger partial charge in [0.2, 0.25) is 0 Å². The minimum Gasteiger partial charge on any atom is -0.244 e. The molecule has 0 saturated heterocycles. The van der Waals surface area contributed by atoms with Crippen LogP contribution in [0.4, 0.5) is 4.39 Å². The average Bonchev–Trinajstić information content (AvgIpc) is 1.86. The summed E-state index contributed by atoms with van der Waals surface area (Å²) in [5.41, 5.74) is 0.499. The van der Waals surface area contributed by atoms with E-state index in [9.17, 15) is 4.39 Å². The van der Waals surface area contributed by atoms with Crippen LogP contribution in [0.25, 0.3) is 0 Å². The van der Waals surface area contributed by atoms with E-state index in [1.54, 1.807) is 6.92 Å². The highest BCUT2D eigenvalue weighted by molar-refractivity contribution is 5.11. The molecule has 0 nitrogen and oxygen atoms in total. The van der Waals surface area contributed by atoms with Crippen LogP contribution in [0.2, 0.25) is 0 Å². The fourth-order valence-electron chi connectivity index (χ4n) is 1.48. The molecule has 1 aliphatic carbocycles. The number of alkyl halides is 1. The third-order valence-corrected chi connectivity index (χ3v) is 2.47. The van der Waals surface area contributed by atoms with Crippen LogP contribution in [0.3, 0.4) is 0 Å². The van der Waals surface area contributed by atoms with Crippen molar-refractivity contribution in [3.63, 3.8) is 0 Å². The van der Waals surface area contributed by atoms with Crippen molar-refractivity contribution in [2.24, 2.45) is 5.92 Å². The molecule has 1 rings (SSSR count). The molecule has 1 atom stereocenters. The van der Waals surface area contributed by atoms with Crippen LogP contribution < -0.4 is 0 Å². The maximum absolute atomic E-state index is 13.3. The van der Waals surface area contributed by atoms with Gasteiger partial charge in [-0.2, -0.15) is 0 Å². The number of halogens is 1. The molecule has 1 aliphatic rings. The molecule has 0 aliphatic heterocycles. The molecule has 0 spiro atoms. The zero-order valence-corrected chi connectivity index (χ0v) is 7.65. The third-order valence-electron chi connectivity index (χ3n) is 2.47. The van der Waals surface area contributed by atoms with Crippen LogP contribution >= 0.6 is 0 Å². The van der Waals surface area contributed by atoms with Gasteiger partial charge in [0, 0.05) is 0 Å². The summed E-state index contributed by atoms with van der Waals surface area (Å²) in [4.78, 5) is 0. The largest absolute Gasteiger partial charge is 0.244 e. The predicted molar refractivity (Wildman–Crippen MR) is 46.3 cm³/mol. The molecule has 0 radical (unpaired) electrons. The molecule has 0 saturated carbocycles. The van der Waals surface area contributed by atoms with Crippen molar-refractivity contribution < 1.29 is 4.39 Å². The maximum Gasteiger partial charge on any atom is 0.112 e. The van der Waals surface area contributed by atoms with Gasteiger partial charge >= 0.3 is 0 Å². The van der Waals surface area contributed by atoms with Crippen LogP contribution in [0.1, 0.15) is 40.0 Å². The molecule has 0 N–H and O–H groups in total. The lowest BCUT2D eigenvalue weighted by Crippen LogP contribution is -2.21. The lowest BCUT2D eigenvalue weighted by molar-refractivity contribution is 0.169. The van der Waals surface area contributed by atoms with E-state index in [2.05, 4.69) is 19.9 Å². The predicted octanol–water partition coefficient (Wildman–Crippen LogP) is 3.48. The van der Waals surface area contributed by atoms with Crippen LogP contribution in [-0.4, -0.2) is 5.67 Å². The summed E-state index contributed by atoms with van der Waals surface area (Å²) < 4.78 is 13.3. The van der Waals surface area contributed by atoms with Crippen LogP contribution in [-0.2, 0) is 0 Å². The summed E-state index contributed by atoms with van der Waals surface area (Å²) in [6.45, 7) is 6.04. The van der Waals surface area contributed by atoms with E-state index in [0.29, 0.717) is 18.8 Å². The second kappa shape index (κ2) is 2.96. The van der Waals surface area contributed by atoms with Crippen molar-refractivity contribution in [2.75, 3.05) is 0 Å². The van der Waals surface area contributed by atoms with Crippen molar-refractivity contribution in [1.29, 1.82) is 0 Å². The average molecular weight is 156 g/mol. The molecule has 0 fully saturated rings. The first-order valence-corrected chi connectivity index (χ1v) is 4.39. The number of hydrogen-bond donors (Lipinski definition) is 0. The molecule has 11 heavy (non-hydrogen) atoms. The highest BCUT2D eigenvalue weighted by Crippen LogP contribution is 2.32. The molecular weight excluding hydrogens is 139 g/mol. The Morgan fingerprint density at radius 1 is 1.55 bits per heavy atom. The van der Waals surface area contributed by atoms with Crippen molar-refractivity contribution >= 4 is 0 Å². The number of rotatable bonds is 1. The van der Waals surface area contributed by atoms with Crippen molar-refractivity contribution in [2.45, 2.75) is 45.7 Å². The van der Waals surface area contributed by atoms with Crippen molar-refractivity contribution in [3.05, 3.63) is 11.6 Å². The highest BCUT2D eigenvalue weighted by Gasteiger charge is 2.26. The normalized spacial score (nSPS) is 32.3. The zero-order valence-electron chi connectivity index (χ0n) is 7.65. The quantitative estimate of drug-likeness (QED) is 0.510. The van der Waals surface area contributed by atoms with Gasteiger partial charge in [-0.1, -0.05) is 25.5 Å². The third kappa shape index (κ3) is 2.32. The topological polar surface area (TPSA) is 0 Å². The molecule has 64 valence electrons. The van der Waals surface area contributed by atoms with E-state index in [1.165, 1.54) is 5.57 Å². The van der Waals surface area contributed by atoms with Crippen LogP contribution in [0.15, 0.2) is 11.6 Å². The smallest absolute Gasteiger partial charge is 0.112 e. The summed E-state index contributed by atoms with van der Waals surface area (Å²) >= 11 is 0. The molecule has 0 aromatic heterocycles. The Morgan fingerprint density at radius 3 is 2.55 bits per heavy atom. The van der Waals surface area contributed by atoms with Crippen LogP contribution in [0.5, 0.6) is 0 Å². The first-order chi connectivity index (χ1) is 5.01. The summed E-state index contributed by atoms with van der Waals surface area (Å²) in [5, 5.41) is 0. The number of allylic oxidation sites excluding steroid dienone is 2. The van der Waals surface area contributed by atoms with Gasteiger partial charge < -0.3 is 0 Å². The van der Waals surface area contributed by atoms with Gasteiger partial charge in [-0.05, 0) is 32.1 Å². The van der Waals surface area contributed by atoms with E-state index in [-0.39, 0.29) is 0 Å². The summed E-state index contributed by atoms with van der Waals surface area (Å²) in [7, 11) is 0. The van der Waals surface area contributed by atoms with Gasteiger partial charge in [-0.25, -0.2) is 4.39 Å². The minimum atomic E-state index is -0.932. The first-order valence-electron chi connectivity index (χ1n) is 4.39. The molecule has 0 aromatic carbocycles. The summed E-state index contributed by atoms with van der Waals surface area (Å²) in [6.07, 6.45) is 4.34. The minimum absolute atomic E-state index is 0.603. The Labute approximate surface area is 68.5 Å². The fraction of sp³-hybridized carbons (Fsp3) is 0.800. The molecule has 0 bridgehead atoms. The van der Waals surface area contributed by atoms with Crippen molar-refractivity contribution in [3.8, 4) is 0 Å². The van der Waals surface area contributed by atoms with E-state index in [0.717, 1.165) is 6.42 Å². The van der Waals surface area contributed by atoms with Gasteiger partial charge in [0.15, 0.2) is 0 Å². The molecule has 0 heterocycles. The Bertz CT molecular complexity index is 166. The lowest BCUT2D eigenvalue weighted by atomic mass is 9.84. The molecule has 0 amide bonds. The van der Waals surface area contributed by atoms with E-state index < -0.39 is 5.67 Å². The van der Waals surface area contributed by atoms with Gasteiger partial charge in [0.1, 0.15) is 5.67 Å². The van der Waals surface area contributed by atoms with Gasteiger partial charge in [-0.3, -0.25) is 0 Å². The standard InChI is InChI=1S/C10H17F/c1-8(2)9-4-6-10(3,11)7-5-9/h4,8H,5-7H2,1-3H3. The second-order valence-electron chi connectivity index (χ2n) is 4.05. The van der Waals surface area contributed by atoms with Crippen molar-refractivity contribution in [1.82, 2.24) is 0 Å². The Balaban J connectivity index is 2.58. The molecule has 1 heteroatoms. The lowest BCUT2D eigenvalue weighted by Gasteiger charge is -2.26. The Morgan fingerprint density at radius 2 is 2.18 bits per heavy atom. The summed E-state index contributed by atoms with van der Waals surface area (Å²) in [5.74, 6) is 0.603. The van der Waals surface area contributed by atoms with Gasteiger partial charge in [-0.15, -0.1) is 0 Å². The molecule has 1 unspecified atom stereocenters. The van der Waals surface area contributed by atoms with Gasteiger partial charge in [0.05, 0.1) is 0 Å². The Hall–Kier alpha value is -0.330. The maximum atomic E-state index is 13.3. The van der Waals surface area contributed by atoms with Gasteiger partial charge in [0.25, 0.3) is 0 Å². The first kappa shape index (κ1) is 8.76. The highest BCUT2D eigenvalue weighted by atomic mass is 19.1. The number of hydrogen-bond acceptors (Lipinski definition) is 0. The fourth-order valence-corrected chi connectivity index (χ4v) is 1.48.